The first-order chi connectivity index (χ1) is 11.3. The number of nitrogens with one attached hydrogen (secondary N) is 1. The summed E-state index contributed by atoms with van der Waals surface area (Å²) in [7, 11) is 0. The maximum Gasteiger partial charge on any atom is 0.277 e. The van der Waals surface area contributed by atoms with Gasteiger partial charge in [-0.25, -0.2) is 5.43 Å². The number of carbonyl (C=O) groups is 1. The number of benzene rings is 1. The summed E-state index contributed by atoms with van der Waals surface area (Å²) in [6.45, 7) is 2.70. The van der Waals surface area contributed by atoms with Gasteiger partial charge < -0.3 is 13.9 Å². The van der Waals surface area contributed by atoms with Crippen LogP contribution < -0.4 is 14.9 Å². The van der Waals surface area contributed by atoms with E-state index in [2.05, 4.69) is 17.5 Å². The Balaban J connectivity index is 1.69. The molecule has 0 saturated heterocycles. The summed E-state index contributed by atoms with van der Waals surface area (Å²) in [5.74, 6) is 1.59. The second-order valence-electron chi connectivity index (χ2n) is 4.77. The topological polar surface area (TPSA) is 73.1 Å². The van der Waals surface area contributed by atoms with Crippen LogP contribution in [-0.2, 0) is 4.79 Å². The van der Waals surface area contributed by atoms with Gasteiger partial charge in [0.1, 0.15) is 17.3 Å². The highest BCUT2D eigenvalue weighted by atomic mass is 16.5. The van der Waals surface area contributed by atoms with Crippen molar-refractivity contribution >= 4 is 12.1 Å². The first-order valence-corrected chi connectivity index (χ1v) is 7.49. The number of hydrogen-bond acceptors (Lipinski definition) is 5. The third kappa shape index (κ3) is 6.25. The van der Waals surface area contributed by atoms with Crippen LogP contribution in [0.2, 0.25) is 0 Å². The molecule has 0 aliphatic rings. The molecular formula is C17H20N2O4. The summed E-state index contributed by atoms with van der Waals surface area (Å²) in [5, 5.41) is 3.76. The zero-order valence-corrected chi connectivity index (χ0v) is 13.0. The molecule has 1 aromatic heterocycles. The molecule has 23 heavy (non-hydrogen) atoms. The Bertz CT molecular complexity index is 606. The third-order valence-corrected chi connectivity index (χ3v) is 2.88. The lowest BCUT2D eigenvalue weighted by Crippen LogP contribution is -2.24. The van der Waals surface area contributed by atoms with Crippen molar-refractivity contribution in [1.29, 1.82) is 0 Å². The molecule has 2 rings (SSSR count). The summed E-state index contributed by atoms with van der Waals surface area (Å²) in [5.41, 5.74) is 2.36. The van der Waals surface area contributed by atoms with Crippen molar-refractivity contribution in [1.82, 2.24) is 5.43 Å². The Labute approximate surface area is 135 Å². The van der Waals surface area contributed by atoms with Crippen molar-refractivity contribution in [2.24, 2.45) is 5.10 Å². The number of furan rings is 1. The van der Waals surface area contributed by atoms with Gasteiger partial charge in [-0.05, 0) is 42.8 Å². The van der Waals surface area contributed by atoms with E-state index in [-0.39, 0.29) is 12.5 Å². The quantitative estimate of drug-likeness (QED) is 0.438. The van der Waals surface area contributed by atoms with Gasteiger partial charge in [0.2, 0.25) is 0 Å². The molecule has 0 aliphatic carbocycles. The van der Waals surface area contributed by atoms with E-state index in [0.29, 0.717) is 18.1 Å². The van der Waals surface area contributed by atoms with Crippen LogP contribution in [0.15, 0.2) is 52.2 Å². The summed E-state index contributed by atoms with van der Waals surface area (Å²) in [6.07, 6.45) is 5.07. The molecule has 0 unspecified atom stereocenters. The molecule has 1 aromatic carbocycles. The minimum atomic E-state index is -0.351. The average molecular weight is 316 g/mol. The van der Waals surface area contributed by atoms with Gasteiger partial charge in [0.15, 0.2) is 6.61 Å². The lowest BCUT2D eigenvalue weighted by atomic mass is 10.3. The molecule has 0 saturated carbocycles. The van der Waals surface area contributed by atoms with Crippen molar-refractivity contribution in [3.8, 4) is 11.5 Å². The molecule has 2 aromatic rings. The fourth-order valence-electron chi connectivity index (χ4n) is 1.68. The lowest BCUT2D eigenvalue weighted by Gasteiger charge is -2.07. The molecule has 0 aliphatic heterocycles. The summed E-state index contributed by atoms with van der Waals surface area (Å²) >= 11 is 0. The van der Waals surface area contributed by atoms with Crippen LogP contribution in [-0.4, -0.2) is 25.3 Å². The lowest BCUT2D eigenvalue weighted by molar-refractivity contribution is -0.123. The first-order valence-electron chi connectivity index (χ1n) is 7.49. The van der Waals surface area contributed by atoms with E-state index < -0.39 is 0 Å². The van der Waals surface area contributed by atoms with E-state index in [1.54, 1.807) is 24.3 Å². The van der Waals surface area contributed by atoms with Crippen LogP contribution in [0.3, 0.4) is 0 Å². The van der Waals surface area contributed by atoms with Gasteiger partial charge in [-0.2, -0.15) is 5.10 Å². The molecule has 0 fully saturated rings. The van der Waals surface area contributed by atoms with E-state index in [0.717, 1.165) is 18.6 Å². The number of amides is 1. The minimum Gasteiger partial charge on any atom is -0.494 e. The van der Waals surface area contributed by atoms with Gasteiger partial charge in [-0.1, -0.05) is 13.3 Å². The Morgan fingerprint density at radius 2 is 1.96 bits per heavy atom. The molecule has 0 atom stereocenters. The van der Waals surface area contributed by atoms with E-state index in [9.17, 15) is 4.79 Å². The van der Waals surface area contributed by atoms with E-state index in [4.69, 9.17) is 13.9 Å². The Morgan fingerprint density at radius 1 is 1.22 bits per heavy atom. The number of hydrogen-bond donors (Lipinski definition) is 1. The number of ether oxygens (including phenoxy) is 2. The van der Waals surface area contributed by atoms with Crippen LogP contribution in [0.1, 0.15) is 25.5 Å². The molecule has 0 bridgehead atoms. The molecule has 6 heteroatoms. The minimum absolute atomic E-state index is 0.120. The molecule has 1 heterocycles. The van der Waals surface area contributed by atoms with Crippen LogP contribution in [0.5, 0.6) is 11.5 Å². The van der Waals surface area contributed by atoms with Crippen molar-refractivity contribution in [3.05, 3.63) is 48.4 Å². The monoisotopic (exact) mass is 316 g/mol. The molecule has 0 spiro atoms. The second-order valence-corrected chi connectivity index (χ2v) is 4.77. The molecular weight excluding hydrogens is 296 g/mol. The van der Waals surface area contributed by atoms with Crippen LogP contribution in [0, 0.1) is 0 Å². The highest BCUT2D eigenvalue weighted by molar-refractivity contribution is 5.81. The van der Waals surface area contributed by atoms with Crippen molar-refractivity contribution in [2.75, 3.05) is 13.2 Å². The van der Waals surface area contributed by atoms with Crippen molar-refractivity contribution in [2.45, 2.75) is 19.8 Å². The molecule has 122 valence electrons. The van der Waals surface area contributed by atoms with E-state index >= 15 is 0 Å². The Morgan fingerprint density at radius 3 is 2.61 bits per heavy atom. The van der Waals surface area contributed by atoms with Gasteiger partial charge in [0, 0.05) is 0 Å². The highest BCUT2D eigenvalue weighted by Gasteiger charge is 2.02. The maximum atomic E-state index is 11.6. The molecule has 1 amide bonds. The number of nitrogens with zero attached hydrogens (tertiary/aromatic N) is 1. The zero-order chi connectivity index (χ0) is 16.3. The van der Waals surface area contributed by atoms with Crippen LogP contribution in [0.4, 0.5) is 0 Å². The van der Waals surface area contributed by atoms with E-state index in [1.807, 2.05) is 12.1 Å². The SMILES string of the molecule is CCCCOc1ccc(OCC(=O)NN=Cc2ccco2)cc1. The summed E-state index contributed by atoms with van der Waals surface area (Å²) in [6, 6.07) is 10.6. The number of carbonyl (C=O) groups excluding carboxylic acids is 1. The number of hydrazone groups is 1. The summed E-state index contributed by atoms with van der Waals surface area (Å²) < 4.78 is 16.0. The smallest absolute Gasteiger partial charge is 0.277 e. The van der Waals surface area contributed by atoms with Gasteiger partial charge in [0.05, 0.1) is 19.1 Å². The van der Waals surface area contributed by atoms with Crippen LogP contribution >= 0.6 is 0 Å². The van der Waals surface area contributed by atoms with Gasteiger partial charge >= 0.3 is 0 Å². The van der Waals surface area contributed by atoms with E-state index in [1.165, 1.54) is 12.5 Å². The fourth-order valence-corrected chi connectivity index (χ4v) is 1.68. The normalized spacial score (nSPS) is 10.7. The number of unbranched alkanes of at least 4 members (excludes halogenated alkanes) is 1. The summed E-state index contributed by atoms with van der Waals surface area (Å²) in [4.78, 5) is 11.6. The average Bonchev–Trinajstić information content (AvgIpc) is 3.08. The second kappa shape index (κ2) is 9.30. The number of rotatable bonds is 9. The predicted octanol–water partition coefficient (Wildman–Crippen LogP) is 2.99. The first kappa shape index (κ1) is 16.6. The van der Waals surface area contributed by atoms with Gasteiger partial charge in [-0.3, -0.25) is 4.79 Å². The highest BCUT2D eigenvalue weighted by Crippen LogP contribution is 2.17. The third-order valence-electron chi connectivity index (χ3n) is 2.88. The fraction of sp³-hybridized carbons (Fsp3) is 0.294. The van der Waals surface area contributed by atoms with Gasteiger partial charge in [0.25, 0.3) is 5.91 Å². The predicted molar refractivity (Wildman–Crippen MR) is 86.8 cm³/mol. The van der Waals surface area contributed by atoms with Crippen LogP contribution in [0.25, 0.3) is 0 Å². The van der Waals surface area contributed by atoms with Gasteiger partial charge in [-0.15, -0.1) is 0 Å². The maximum absolute atomic E-state index is 11.6. The molecule has 0 radical (unpaired) electrons. The molecule has 1 N–H and O–H groups in total. The largest absolute Gasteiger partial charge is 0.494 e. The van der Waals surface area contributed by atoms with Crippen molar-refractivity contribution < 1.29 is 18.7 Å². The Kier molecular flexibility index (Phi) is 6.71. The Hall–Kier alpha value is -2.76. The van der Waals surface area contributed by atoms with Crippen molar-refractivity contribution in [3.63, 3.8) is 0 Å². The standard InChI is InChI=1S/C17H20N2O4/c1-2-3-10-21-14-6-8-15(9-7-14)23-13-17(20)19-18-12-16-5-4-11-22-16/h4-9,11-12H,2-3,10,13H2,1H3,(H,19,20). The molecule has 6 nitrogen and oxygen atoms in total. The zero-order valence-electron chi connectivity index (χ0n) is 13.0.